The lowest BCUT2D eigenvalue weighted by atomic mass is 9.96. The Bertz CT molecular complexity index is 714. The Balaban J connectivity index is 1.57. The molecule has 6 nitrogen and oxygen atoms in total. The van der Waals surface area contributed by atoms with Gasteiger partial charge in [0.1, 0.15) is 0 Å². The molecule has 0 radical (unpaired) electrons. The van der Waals surface area contributed by atoms with E-state index in [0.29, 0.717) is 44.9 Å². The van der Waals surface area contributed by atoms with Gasteiger partial charge < -0.3 is 10.6 Å². The zero-order chi connectivity index (χ0) is 19.3. The van der Waals surface area contributed by atoms with Crippen LogP contribution in [0.15, 0.2) is 29.3 Å². The Morgan fingerprint density at radius 3 is 2.59 bits per heavy atom. The normalized spacial score (nSPS) is 19.2. The average Bonchev–Trinajstić information content (AvgIpc) is 3.43. The second-order valence-electron chi connectivity index (χ2n) is 7.21. The van der Waals surface area contributed by atoms with Gasteiger partial charge in [0.15, 0.2) is 5.96 Å². The Labute approximate surface area is 165 Å². The topological polar surface area (TPSA) is 73.8 Å². The molecule has 1 saturated carbocycles. The molecule has 2 aliphatic rings. The number of imide groups is 1. The quantitative estimate of drug-likeness (QED) is 0.426. The van der Waals surface area contributed by atoms with Crippen molar-refractivity contribution >= 4 is 29.4 Å². The highest BCUT2D eigenvalue weighted by Gasteiger charge is 2.44. The van der Waals surface area contributed by atoms with Gasteiger partial charge in [-0.05, 0) is 43.9 Å². The van der Waals surface area contributed by atoms with Crippen LogP contribution in [-0.2, 0) is 15.0 Å². The molecule has 2 fully saturated rings. The average molecular weight is 391 g/mol. The van der Waals surface area contributed by atoms with E-state index in [1.54, 1.807) is 0 Å². The van der Waals surface area contributed by atoms with E-state index in [9.17, 15) is 9.59 Å². The summed E-state index contributed by atoms with van der Waals surface area (Å²) in [5.41, 5.74) is 1.31. The predicted molar refractivity (Wildman–Crippen MR) is 107 cm³/mol. The fourth-order valence-electron chi connectivity index (χ4n) is 3.41. The number of carbonyl (C=O) groups excluding carboxylic acids is 2. The molecule has 1 heterocycles. The van der Waals surface area contributed by atoms with Crippen LogP contribution in [0.5, 0.6) is 0 Å². The number of piperidine rings is 1. The second kappa shape index (κ2) is 8.74. The summed E-state index contributed by atoms with van der Waals surface area (Å²) in [6.07, 6.45) is 3.79. The molecular formula is C20H27ClN4O2. The number of guanidine groups is 1. The first-order valence-corrected chi connectivity index (χ1v) is 10.0. The molecule has 1 saturated heterocycles. The first-order chi connectivity index (χ1) is 13.0. The number of nitrogens with one attached hydrogen (secondary N) is 2. The Hall–Kier alpha value is -2.08. The van der Waals surface area contributed by atoms with E-state index in [1.807, 2.05) is 25.1 Å². The SMILES string of the molecule is CCNC(=NCC1(c2cccc(Cl)c2)CC1)NCCN1C(=O)CCCC1=O. The van der Waals surface area contributed by atoms with Crippen molar-refractivity contribution in [1.82, 2.24) is 15.5 Å². The van der Waals surface area contributed by atoms with Crippen LogP contribution in [0.4, 0.5) is 0 Å². The summed E-state index contributed by atoms with van der Waals surface area (Å²) in [7, 11) is 0. The maximum atomic E-state index is 11.9. The van der Waals surface area contributed by atoms with Gasteiger partial charge >= 0.3 is 0 Å². The molecule has 1 aliphatic heterocycles. The van der Waals surface area contributed by atoms with E-state index in [1.165, 1.54) is 10.5 Å². The van der Waals surface area contributed by atoms with Gasteiger partial charge in [-0.3, -0.25) is 19.5 Å². The van der Waals surface area contributed by atoms with Gasteiger partial charge in [-0.1, -0.05) is 23.7 Å². The molecule has 7 heteroatoms. The maximum absolute atomic E-state index is 11.9. The summed E-state index contributed by atoms with van der Waals surface area (Å²) in [6, 6.07) is 8.01. The summed E-state index contributed by atoms with van der Waals surface area (Å²) in [6.45, 7) is 4.32. The molecule has 0 unspecified atom stereocenters. The van der Waals surface area contributed by atoms with Gasteiger partial charge in [0.05, 0.1) is 6.54 Å². The van der Waals surface area contributed by atoms with Crippen LogP contribution >= 0.6 is 11.6 Å². The van der Waals surface area contributed by atoms with Gasteiger partial charge in [-0.2, -0.15) is 0 Å². The Kier molecular flexibility index (Phi) is 6.37. The molecule has 1 aliphatic carbocycles. The minimum Gasteiger partial charge on any atom is -0.357 e. The van der Waals surface area contributed by atoms with Gasteiger partial charge in [0, 0.05) is 42.9 Å². The van der Waals surface area contributed by atoms with Crippen LogP contribution in [0.25, 0.3) is 0 Å². The van der Waals surface area contributed by atoms with Gasteiger partial charge in [-0.15, -0.1) is 0 Å². The number of likely N-dealkylation sites (tertiary alicyclic amines) is 1. The number of halogens is 1. The third-order valence-electron chi connectivity index (χ3n) is 5.19. The molecular weight excluding hydrogens is 364 g/mol. The molecule has 2 amide bonds. The van der Waals surface area contributed by atoms with Crippen LogP contribution in [0.2, 0.25) is 5.02 Å². The number of hydrogen-bond acceptors (Lipinski definition) is 3. The standard InChI is InChI=1S/C20H27ClN4O2/c1-2-22-19(23-11-12-25-17(26)7-4-8-18(25)27)24-14-20(9-10-20)15-5-3-6-16(21)13-15/h3,5-6,13H,2,4,7-12,14H2,1H3,(H2,22,23,24). The number of amides is 2. The van der Waals surface area contributed by atoms with Crippen molar-refractivity contribution in [2.24, 2.45) is 4.99 Å². The summed E-state index contributed by atoms with van der Waals surface area (Å²) >= 11 is 6.14. The molecule has 146 valence electrons. The largest absolute Gasteiger partial charge is 0.357 e. The van der Waals surface area contributed by atoms with E-state index in [-0.39, 0.29) is 17.2 Å². The second-order valence-corrected chi connectivity index (χ2v) is 7.64. The number of carbonyl (C=O) groups is 2. The third kappa shape index (κ3) is 5.01. The maximum Gasteiger partial charge on any atom is 0.229 e. The molecule has 0 bridgehead atoms. The van der Waals surface area contributed by atoms with Crippen molar-refractivity contribution in [2.45, 2.75) is 44.4 Å². The van der Waals surface area contributed by atoms with Crippen molar-refractivity contribution in [3.8, 4) is 0 Å². The van der Waals surface area contributed by atoms with Crippen molar-refractivity contribution in [3.63, 3.8) is 0 Å². The van der Waals surface area contributed by atoms with Crippen LogP contribution < -0.4 is 10.6 Å². The lowest BCUT2D eigenvalue weighted by Crippen LogP contribution is -2.46. The van der Waals surface area contributed by atoms with E-state index >= 15 is 0 Å². The molecule has 1 aromatic rings. The minimum absolute atomic E-state index is 0.0754. The number of aliphatic imine (C=N–C) groups is 1. The third-order valence-corrected chi connectivity index (χ3v) is 5.42. The lowest BCUT2D eigenvalue weighted by molar-refractivity contribution is -0.147. The highest BCUT2D eigenvalue weighted by Crippen LogP contribution is 2.48. The first-order valence-electron chi connectivity index (χ1n) is 9.65. The molecule has 1 aromatic carbocycles. The van der Waals surface area contributed by atoms with Crippen molar-refractivity contribution in [2.75, 3.05) is 26.2 Å². The highest BCUT2D eigenvalue weighted by molar-refractivity contribution is 6.30. The monoisotopic (exact) mass is 390 g/mol. The lowest BCUT2D eigenvalue weighted by Gasteiger charge is -2.25. The smallest absolute Gasteiger partial charge is 0.229 e. The molecule has 0 spiro atoms. The van der Waals surface area contributed by atoms with Crippen LogP contribution in [-0.4, -0.2) is 48.9 Å². The van der Waals surface area contributed by atoms with Crippen molar-refractivity contribution in [1.29, 1.82) is 0 Å². The summed E-state index contributed by atoms with van der Waals surface area (Å²) in [5, 5.41) is 7.22. The van der Waals surface area contributed by atoms with Gasteiger partial charge in [-0.25, -0.2) is 0 Å². The van der Waals surface area contributed by atoms with E-state index < -0.39 is 0 Å². The van der Waals surface area contributed by atoms with E-state index in [4.69, 9.17) is 16.6 Å². The molecule has 0 aromatic heterocycles. The van der Waals surface area contributed by atoms with Crippen LogP contribution in [0.3, 0.4) is 0 Å². The van der Waals surface area contributed by atoms with E-state index in [2.05, 4.69) is 16.7 Å². The summed E-state index contributed by atoms with van der Waals surface area (Å²) in [5.74, 6) is 0.559. The van der Waals surface area contributed by atoms with Gasteiger partial charge in [0.2, 0.25) is 11.8 Å². The summed E-state index contributed by atoms with van der Waals surface area (Å²) in [4.78, 5) is 29.8. The Morgan fingerprint density at radius 2 is 1.96 bits per heavy atom. The highest BCUT2D eigenvalue weighted by atomic mass is 35.5. The summed E-state index contributed by atoms with van der Waals surface area (Å²) < 4.78 is 0. The minimum atomic E-state index is -0.0760. The molecule has 3 rings (SSSR count). The molecule has 27 heavy (non-hydrogen) atoms. The molecule has 2 N–H and O–H groups in total. The Morgan fingerprint density at radius 1 is 1.22 bits per heavy atom. The van der Waals surface area contributed by atoms with Crippen molar-refractivity contribution < 1.29 is 9.59 Å². The number of rotatable bonds is 7. The number of nitrogens with zero attached hydrogens (tertiary/aromatic N) is 2. The van der Waals surface area contributed by atoms with Crippen molar-refractivity contribution in [3.05, 3.63) is 34.9 Å². The van der Waals surface area contributed by atoms with Crippen LogP contribution in [0.1, 0.15) is 44.6 Å². The zero-order valence-electron chi connectivity index (χ0n) is 15.8. The van der Waals surface area contributed by atoms with Gasteiger partial charge in [0.25, 0.3) is 0 Å². The number of hydrogen-bond donors (Lipinski definition) is 2. The predicted octanol–water partition coefficient (Wildman–Crippen LogP) is 2.47. The fraction of sp³-hybridized carbons (Fsp3) is 0.550. The first kappa shape index (κ1) is 19.7. The zero-order valence-corrected chi connectivity index (χ0v) is 16.5. The number of benzene rings is 1. The molecule has 0 atom stereocenters. The van der Waals surface area contributed by atoms with Crippen LogP contribution in [0, 0.1) is 0 Å². The van der Waals surface area contributed by atoms with E-state index in [0.717, 1.165) is 24.4 Å². The fourth-order valence-corrected chi connectivity index (χ4v) is 3.61.